The molecular formula is C15H18N4O4. The van der Waals surface area contributed by atoms with Gasteiger partial charge in [-0.1, -0.05) is 0 Å². The van der Waals surface area contributed by atoms with E-state index in [1.54, 1.807) is 12.1 Å². The predicted octanol–water partition coefficient (Wildman–Crippen LogP) is 1.51. The molecule has 0 fully saturated rings. The molecule has 0 saturated heterocycles. The Bertz CT molecular complexity index is 708. The van der Waals surface area contributed by atoms with E-state index >= 15 is 0 Å². The van der Waals surface area contributed by atoms with Crippen LogP contribution in [0.4, 0.5) is 5.82 Å². The molecule has 8 heteroatoms. The maximum atomic E-state index is 8.36. The summed E-state index contributed by atoms with van der Waals surface area (Å²) >= 11 is 0. The Kier molecular flexibility index (Phi) is 4.85. The van der Waals surface area contributed by atoms with Gasteiger partial charge in [0.25, 0.3) is 0 Å². The van der Waals surface area contributed by atoms with E-state index in [4.69, 9.17) is 30.1 Å². The van der Waals surface area contributed by atoms with Gasteiger partial charge in [-0.15, -0.1) is 0 Å². The molecule has 1 heterocycles. The van der Waals surface area contributed by atoms with Crippen molar-refractivity contribution in [3.05, 3.63) is 29.5 Å². The number of anilines is 1. The molecule has 0 aliphatic rings. The maximum absolute atomic E-state index is 8.36. The molecule has 3 N–H and O–H groups in total. The third kappa shape index (κ3) is 3.25. The summed E-state index contributed by atoms with van der Waals surface area (Å²) in [6, 6.07) is 4.91. The van der Waals surface area contributed by atoms with Gasteiger partial charge in [-0.2, -0.15) is 9.97 Å². The third-order valence-electron chi connectivity index (χ3n) is 3.12. The van der Waals surface area contributed by atoms with Crippen LogP contribution in [0.5, 0.6) is 23.3 Å². The summed E-state index contributed by atoms with van der Waals surface area (Å²) in [4.78, 5) is 8.03. The first kappa shape index (κ1) is 16.3. The van der Waals surface area contributed by atoms with Gasteiger partial charge in [0.05, 0.1) is 39.8 Å². The van der Waals surface area contributed by atoms with Crippen molar-refractivity contribution in [3.63, 3.8) is 0 Å². The van der Waals surface area contributed by atoms with Gasteiger partial charge < -0.3 is 24.7 Å². The molecule has 0 aliphatic carbocycles. The second kappa shape index (κ2) is 6.82. The normalized spacial score (nSPS) is 10.1. The average molecular weight is 318 g/mol. The maximum Gasteiger partial charge on any atom is 0.318 e. The van der Waals surface area contributed by atoms with Crippen molar-refractivity contribution >= 4 is 11.5 Å². The zero-order valence-corrected chi connectivity index (χ0v) is 13.3. The van der Waals surface area contributed by atoms with Gasteiger partial charge in [-0.3, -0.25) is 5.41 Å². The summed E-state index contributed by atoms with van der Waals surface area (Å²) in [6.45, 7) is 0. The number of nitrogens with two attached hydrogens (primary N) is 1. The van der Waals surface area contributed by atoms with Gasteiger partial charge in [0.1, 0.15) is 5.82 Å². The zero-order valence-electron chi connectivity index (χ0n) is 13.3. The predicted molar refractivity (Wildman–Crippen MR) is 85.0 cm³/mol. The number of nitrogens with zero attached hydrogens (tertiary/aromatic N) is 2. The van der Waals surface area contributed by atoms with Gasteiger partial charge in [-0.05, 0) is 12.1 Å². The summed E-state index contributed by atoms with van der Waals surface area (Å²) in [5.41, 5.74) is 6.68. The number of benzene rings is 1. The molecule has 0 radical (unpaired) electrons. The van der Waals surface area contributed by atoms with Crippen molar-refractivity contribution in [2.24, 2.45) is 0 Å². The lowest BCUT2D eigenvalue weighted by molar-refractivity contribution is 0.324. The van der Waals surface area contributed by atoms with E-state index in [2.05, 4.69) is 9.97 Å². The molecule has 0 bridgehead atoms. The molecular weight excluding hydrogens is 300 g/mol. The van der Waals surface area contributed by atoms with Crippen LogP contribution in [-0.2, 0) is 0 Å². The van der Waals surface area contributed by atoms with Crippen LogP contribution in [0.3, 0.4) is 0 Å². The topological polar surface area (TPSA) is 113 Å². The number of methoxy groups -OCH3 is 4. The van der Waals surface area contributed by atoms with Crippen molar-refractivity contribution in [1.82, 2.24) is 9.97 Å². The lowest BCUT2D eigenvalue weighted by atomic mass is 10.1. The minimum Gasteiger partial charge on any atom is -0.493 e. The van der Waals surface area contributed by atoms with Crippen molar-refractivity contribution in [1.29, 1.82) is 5.41 Å². The largest absolute Gasteiger partial charge is 0.493 e. The number of rotatable bonds is 6. The molecule has 1 aromatic carbocycles. The summed E-state index contributed by atoms with van der Waals surface area (Å²) in [7, 11) is 5.97. The molecule has 0 unspecified atom stereocenters. The van der Waals surface area contributed by atoms with Crippen LogP contribution >= 0.6 is 0 Å². The molecule has 0 aliphatic heterocycles. The molecule has 2 rings (SSSR count). The van der Waals surface area contributed by atoms with Crippen LogP contribution < -0.4 is 24.7 Å². The van der Waals surface area contributed by atoms with Gasteiger partial charge in [-0.25, -0.2) is 0 Å². The Balaban J connectivity index is 2.53. The van der Waals surface area contributed by atoms with Gasteiger partial charge >= 0.3 is 6.01 Å². The third-order valence-corrected chi connectivity index (χ3v) is 3.12. The molecule has 1 aromatic heterocycles. The highest BCUT2D eigenvalue weighted by Gasteiger charge is 2.17. The lowest BCUT2D eigenvalue weighted by Crippen LogP contribution is -2.09. The first-order valence-corrected chi connectivity index (χ1v) is 6.61. The standard InChI is InChI=1S/C15H18N4O4/c1-20-10-5-8(6-11(21-2)14(10)22-3)13(17)9-7-12(16)19-15(18-9)23-4/h5-7,17H,1-4H3,(H2,16,18,19). The zero-order chi connectivity index (χ0) is 17.0. The number of hydrogen-bond acceptors (Lipinski definition) is 8. The van der Waals surface area contributed by atoms with Crippen LogP contribution in [0.25, 0.3) is 0 Å². The molecule has 0 amide bonds. The number of nitrogens with one attached hydrogen (secondary N) is 1. The van der Waals surface area contributed by atoms with Crippen LogP contribution in [0.2, 0.25) is 0 Å². The molecule has 0 atom stereocenters. The first-order valence-electron chi connectivity index (χ1n) is 6.61. The summed E-state index contributed by atoms with van der Waals surface area (Å²) in [6.07, 6.45) is 0. The lowest BCUT2D eigenvalue weighted by Gasteiger charge is -2.14. The second-order valence-electron chi connectivity index (χ2n) is 4.45. The molecule has 122 valence electrons. The van der Waals surface area contributed by atoms with E-state index in [0.29, 0.717) is 28.5 Å². The van der Waals surface area contributed by atoms with E-state index in [9.17, 15) is 0 Å². The SMILES string of the molecule is COc1nc(N)cc(C(=N)c2cc(OC)c(OC)c(OC)c2)n1. The minimum absolute atomic E-state index is 0.0946. The Morgan fingerprint density at radius 2 is 1.52 bits per heavy atom. The number of aromatic nitrogens is 2. The van der Waals surface area contributed by atoms with Crippen LogP contribution in [0.1, 0.15) is 11.3 Å². The molecule has 0 saturated carbocycles. The number of hydrogen-bond donors (Lipinski definition) is 2. The van der Waals surface area contributed by atoms with E-state index in [1.807, 2.05) is 0 Å². The van der Waals surface area contributed by atoms with Crippen molar-refractivity contribution in [2.45, 2.75) is 0 Å². The van der Waals surface area contributed by atoms with Crippen molar-refractivity contribution < 1.29 is 18.9 Å². The van der Waals surface area contributed by atoms with E-state index < -0.39 is 0 Å². The number of ether oxygens (including phenoxy) is 4. The minimum atomic E-state index is 0.0946. The Labute approximate surface area is 133 Å². The first-order chi connectivity index (χ1) is 11.0. The quantitative estimate of drug-likeness (QED) is 0.776. The van der Waals surface area contributed by atoms with Crippen LogP contribution in [0.15, 0.2) is 18.2 Å². The highest BCUT2D eigenvalue weighted by atomic mass is 16.5. The van der Waals surface area contributed by atoms with Crippen molar-refractivity contribution in [2.75, 3.05) is 34.2 Å². The van der Waals surface area contributed by atoms with E-state index in [1.165, 1.54) is 34.5 Å². The molecule has 0 spiro atoms. The summed E-state index contributed by atoms with van der Waals surface area (Å²) in [5, 5.41) is 8.36. The Morgan fingerprint density at radius 3 is 2.00 bits per heavy atom. The fourth-order valence-corrected chi connectivity index (χ4v) is 2.04. The highest BCUT2D eigenvalue weighted by molar-refractivity contribution is 6.10. The van der Waals surface area contributed by atoms with E-state index in [-0.39, 0.29) is 17.5 Å². The van der Waals surface area contributed by atoms with Crippen LogP contribution in [0, 0.1) is 5.41 Å². The molecule has 2 aromatic rings. The second-order valence-corrected chi connectivity index (χ2v) is 4.45. The van der Waals surface area contributed by atoms with Gasteiger partial charge in [0.2, 0.25) is 5.75 Å². The Morgan fingerprint density at radius 1 is 0.913 bits per heavy atom. The Hall–Kier alpha value is -3.03. The van der Waals surface area contributed by atoms with Crippen molar-refractivity contribution in [3.8, 4) is 23.3 Å². The summed E-state index contributed by atoms with van der Waals surface area (Å²) < 4.78 is 20.8. The highest BCUT2D eigenvalue weighted by Crippen LogP contribution is 2.38. The summed E-state index contributed by atoms with van der Waals surface area (Å²) in [5.74, 6) is 1.55. The van der Waals surface area contributed by atoms with E-state index in [0.717, 1.165) is 0 Å². The fourth-order valence-electron chi connectivity index (χ4n) is 2.04. The monoisotopic (exact) mass is 318 g/mol. The van der Waals surface area contributed by atoms with Gasteiger partial charge in [0, 0.05) is 11.6 Å². The number of nitrogen functional groups attached to an aromatic ring is 1. The van der Waals surface area contributed by atoms with Gasteiger partial charge in [0.15, 0.2) is 11.5 Å². The molecule has 23 heavy (non-hydrogen) atoms. The smallest absolute Gasteiger partial charge is 0.318 e. The molecule has 8 nitrogen and oxygen atoms in total. The average Bonchev–Trinajstić information content (AvgIpc) is 2.58. The fraction of sp³-hybridized carbons (Fsp3) is 0.267. The van der Waals surface area contributed by atoms with Crippen LogP contribution in [-0.4, -0.2) is 44.1 Å².